The maximum Gasteiger partial charge on any atom is 0.230 e. The lowest BCUT2D eigenvalue weighted by atomic mass is 10.1. The van der Waals surface area contributed by atoms with Crippen molar-refractivity contribution in [1.29, 1.82) is 0 Å². The fraction of sp³-hybridized carbons (Fsp3) is 0.258. The topological polar surface area (TPSA) is 130 Å². The van der Waals surface area contributed by atoms with E-state index in [4.69, 9.17) is 31.1 Å². The van der Waals surface area contributed by atoms with Crippen molar-refractivity contribution in [2.45, 2.75) is 0 Å². The van der Waals surface area contributed by atoms with Crippen LogP contribution >= 0.6 is 0 Å². The van der Waals surface area contributed by atoms with Crippen molar-refractivity contribution in [1.82, 2.24) is 15.3 Å². The summed E-state index contributed by atoms with van der Waals surface area (Å²) >= 11 is 0. The second-order valence-electron chi connectivity index (χ2n) is 8.90. The van der Waals surface area contributed by atoms with Crippen LogP contribution in [-0.4, -0.2) is 69.0 Å². The SMILES string of the molecule is C#Cc1cc(Nc2nccc(Oc3ccc(N)c4ccccc34)n2)cc(C(=O)CNCCOCCOCCOC)c1. The predicted molar refractivity (Wildman–Crippen MR) is 159 cm³/mol. The average molecular weight is 556 g/mol. The maximum atomic E-state index is 12.8. The highest BCUT2D eigenvalue weighted by Gasteiger charge is 2.11. The van der Waals surface area contributed by atoms with E-state index in [0.717, 1.165) is 10.8 Å². The molecule has 4 rings (SSSR count). The first-order valence-electron chi connectivity index (χ1n) is 13.1. The van der Waals surface area contributed by atoms with Crippen LogP contribution in [0.2, 0.25) is 0 Å². The quantitative estimate of drug-likeness (QED) is 0.0801. The number of nitrogen functional groups attached to an aromatic ring is 1. The molecule has 0 spiro atoms. The molecule has 0 saturated carbocycles. The van der Waals surface area contributed by atoms with Crippen molar-refractivity contribution in [3.05, 3.63) is 78.0 Å². The van der Waals surface area contributed by atoms with Gasteiger partial charge in [-0.3, -0.25) is 4.79 Å². The van der Waals surface area contributed by atoms with Gasteiger partial charge in [0.25, 0.3) is 0 Å². The van der Waals surface area contributed by atoms with Crippen LogP contribution in [0.1, 0.15) is 15.9 Å². The van der Waals surface area contributed by atoms with Crippen molar-refractivity contribution >= 4 is 33.9 Å². The lowest BCUT2D eigenvalue weighted by Gasteiger charge is -2.12. The molecular weight excluding hydrogens is 522 g/mol. The Labute approximate surface area is 239 Å². The van der Waals surface area contributed by atoms with Crippen LogP contribution in [0.4, 0.5) is 17.3 Å². The number of terminal acetylenes is 1. The number of carbonyl (C=O) groups is 1. The monoisotopic (exact) mass is 555 g/mol. The second kappa shape index (κ2) is 15.3. The largest absolute Gasteiger partial charge is 0.438 e. The molecule has 0 aliphatic heterocycles. The number of aromatic nitrogens is 2. The van der Waals surface area contributed by atoms with Gasteiger partial charge < -0.3 is 35.3 Å². The number of benzene rings is 3. The number of rotatable bonds is 16. The number of nitrogens with one attached hydrogen (secondary N) is 2. The van der Waals surface area contributed by atoms with Gasteiger partial charge >= 0.3 is 0 Å². The van der Waals surface area contributed by atoms with Gasteiger partial charge in [0.2, 0.25) is 11.8 Å². The summed E-state index contributed by atoms with van der Waals surface area (Å²) in [5, 5.41) is 7.98. The third-order valence-corrected chi connectivity index (χ3v) is 5.95. The molecule has 1 heterocycles. The molecule has 4 aromatic rings. The molecule has 212 valence electrons. The lowest BCUT2D eigenvalue weighted by molar-refractivity contribution is 0.0256. The highest BCUT2D eigenvalue weighted by atomic mass is 16.5. The van der Waals surface area contributed by atoms with Gasteiger partial charge in [0.05, 0.1) is 39.6 Å². The zero-order valence-corrected chi connectivity index (χ0v) is 22.9. The summed E-state index contributed by atoms with van der Waals surface area (Å²) in [4.78, 5) is 21.6. The number of ether oxygens (including phenoxy) is 4. The van der Waals surface area contributed by atoms with Crippen LogP contribution < -0.4 is 21.1 Å². The van der Waals surface area contributed by atoms with Gasteiger partial charge in [0.1, 0.15) is 5.75 Å². The van der Waals surface area contributed by atoms with Gasteiger partial charge in [-0.1, -0.05) is 30.2 Å². The van der Waals surface area contributed by atoms with Crippen molar-refractivity contribution < 1.29 is 23.7 Å². The molecule has 0 atom stereocenters. The van der Waals surface area contributed by atoms with E-state index in [2.05, 4.69) is 26.5 Å². The number of hydrogen-bond acceptors (Lipinski definition) is 10. The minimum absolute atomic E-state index is 0.110. The van der Waals surface area contributed by atoms with Crippen molar-refractivity contribution in [3.8, 4) is 24.0 Å². The van der Waals surface area contributed by atoms with Crippen LogP contribution in [0.5, 0.6) is 11.6 Å². The van der Waals surface area contributed by atoms with Crippen LogP contribution in [-0.2, 0) is 14.2 Å². The Bertz CT molecular complexity index is 1500. The van der Waals surface area contributed by atoms with Gasteiger partial charge in [0, 0.05) is 59.2 Å². The Morgan fingerprint density at radius 1 is 0.976 bits per heavy atom. The number of Topliss-reactive ketones (excluding diaryl/α,β-unsaturated/α-hetero) is 1. The number of hydrogen-bond donors (Lipinski definition) is 3. The average Bonchev–Trinajstić information content (AvgIpc) is 2.99. The summed E-state index contributed by atoms with van der Waals surface area (Å²) in [6.45, 7) is 3.17. The smallest absolute Gasteiger partial charge is 0.230 e. The predicted octanol–water partition coefficient (Wildman–Crippen LogP) is 4.18. The second-order valence-corrected chi connectivity index (χ2v) is 8.90. The molecule has 0 amide bonds. The molecule has 0 saturated heterocycles. The van der Waals surface area contributed by atoms with Crippen molar-refractivity contribution in [2.75, 3.05) is 64.3 Å². The van der Waals surface area contributed by atoms with Crippen LogP contribution in [0.25, 0.3) is 10.8 Å². The van der Waals surface area contributed by atoms with Crippen LogP contribution in [0.15, 0.2) is 66.9 Å². The molecule has 10 heteroatoms. The van der Waals surface area contributed by atoms with Crippen molar-refractivity contribution in [3.63, 3.8) is 0 Å². The number of methoxy groups -OCH3 is 1. The van der Waals surface area contributed by atoms with Gasteiger partial charge in [-0.05, 0) is 30.3 Å². The fourth-order valence-electron chi connectivity index (χ4n) is 3.94. The zero-order valence-electron chi connectivity index (χ0n) is 22.9. The highest BCUT2D eigenvalue weighted by Crippen LogP contribution is 2.32. The third kappa shape index (κ3) is 8.73. The van der Waals surface area contributed by atoms with E-state index in [-0.39, 0.29) is 18.3 Å². The van der Waals surface area contributed by atoms with E-state index in [9.17, 15) is 4.79 Å². The number of anilines is 3. The summed E-state index contributed by atoms with van der Waals surface area (Å²) in [7, 11) is 1.63. The fourth-order valence-corrected chi connectivity index (χ4v) is 3.94. The van der Waals surface area contributed by atoms with Crippen molar-refractivity contribution in [2.24, 2.45) is 0 Å². The summed E-state index contributed by atoms with van der Waals surface area (Å²) in [6, 6.07) is 18.1. The first-order valence-corrected chi connectivity index (χ1v) is 13.1. The number of ketones is 1. The Balaban J connectivity index is 1.34. The summed E-state index contributed by atoms with van der Waals surface area (Å²) in [5.74, 6) is 3.74. The van der Waals surface area contributed by atoms with E-state index < -0.39 is 0 Å². The number of nitrogens with two attached hydrogens (primary N) is 1. The molecule has 0 radical (unpaired) electrons. The Morgan fingerprint density at radius 2 is 1.76 bits per heavy atom. The Kier molecular flexibility index (Phi) is 11.0. The molecule has 0 fully saturated rings. The molecular formula is C31H33N5O5. The number of carbonyl (C=O) groups excluding carboxylic acids is 1. The van der Waals surface area contributed by atoms with E-state index in [1.54, 1.807) is 49.7 Å². The molecule has 41 heavy (non-hydrogen) atoms. The van der Waals surface area contributed by atoms with Gasteiger partial charge in [0.15, 0.2) is 5.78 Å². The summed E-state index contributed by atoms with van der Waals surface area (Å²) in [5.41, 5.74) is 8.37. The summed E-state index contributed by atoms with van der Waals surface area (Å²) < 4.78 is 21.8. The standard InChI is InChI=1S/C31H33N5O5/c1-3-22-18-23(28(37)21-33-12-13-39-16-17-40-15-14-38-2)20-24(19-22)35-31-34-11-10-30(36-31)41-29-9-8-27(32)25-6-4-5-7-26(25)29/h1,4-11,18-20,33H,12-17,21,32H2,2H3,(H,34,35,36). The third-order valence-electron chi connectivity index (χ3n) is 5.95. The molecule has 0 aliphatic carbocycles. The summed E-state index contributed by atoms with van der Waals surface area (Å²) in [6.07, 6.45) is 7.24. The molecule has 0 aliphatic rings. The molecule has 10 nitrogen and oxygen atoms in total. The first-order chi connectivity index (χ1) is 20.1. The van der Waals surface area contributed by atoms with Gasteiger partial charge in [-0.15, -0.1) is 6.42 Å². The normalized spacial score (nSPS) is 10.8. The molecule has 4 N–H and O–H groups in total. The minimum Gasteiger partial charge on any atom is -0.438 e. The van der Waals surface area contributed by atoms with Crippen LogP contribution in [0, 0.1) is 12.3 Å². The first kappa shape index (κ1) is 29.5. The zero-order chi connectivity index (χ0) is 28.9. The lowest BCUT2D eigenvalue weighted by Crippen LogP contribution is -2.27. The van der Waals surface area contributed by atoms with Gasteiger partial charge in [-0.25, -0.2) is 4.98 Å². The van der Waals surface area contributed by atoms with E-state index in [1.807, 2.05) is 24.3 Å². The van der Waals surface area contributed by atoms with E-state index >= 15 is 0 Å². The van der Waals surface area contributed by atoms with Gasteiger partial charge in [-0.2, -0.15) is 4.98 Å². The van der Waals surface area contributed by atoms with E-state index in [0.29, 0.717) is 73.7 Å². The minimum atomic E-state index is -0.110. The molecule has 0 unspecified atom stereocenters. The molecule has 0 bridgehead atoms. The number of fused-ring (bicyclic) bond motifs is 1. The molecule has 3 aromatic carbocycles. The van der Waals surface area contributed by atoms with E-state index in [1.165, 1.54) is 0 Å². The Morgan fingerprint density at radius 3 is 2.56 bits per heavy atom. The Hall–Kier alpha value is -4.53. The highest BCUT2D eigenvalue weighted by molar-refractivity contribution is 5.99. The van der Waals surface area contributed by atoms with Crippen LogP contribution in [0.3, 0.4) is 0 Å². The number of nitrogens with zero attached hydrogens (tertiary/aromatic N) is 2. The maximum absolute atomic E-state index is 12.8. The molecule has 1 aromatic heterocycles.